The number of halogens is 1. The Labute approximate surface area is 118 Å². The average molecular weight is 292 g/mol. The van der Waals surface area contributed by atoms with Crippen LogP contribution >= 0.6 is 11.6 Å². The number of amides is 1. The molecule has 0 aromatic heterocycles. The van der Waals surface area contributed by atoms with E-state index >= 15 is 0 Å². The molecular weight excluding hydrogens is 270 g/mol. The summed E-state index contributed by atoms with van der Waals surface area (Å²) < 4.78 is 5.17. The van der Waals surface area contributed by atoms with Gasteiger partial charge in [0.1, 0.15) is 5.60 Å². The number of nitrogens with one attached hydrogen (secondary N) is 1. The van der Waals surface area contributed by atoms with E-state index in [4.69, 9.17) is 16.3 Å². The molecule has 1 saturated carbocycles. The highest BCUT2D eigenvalue weighted by molar-refractivity contribution is 6.19. The number of alkyl carbamates (subject to hydrolysis) is 1. The van der Waals surface area contributed by atoms with Gasteiger partial charge in [0, 0.05) is 11.9 Å². The summed E-state index contributed by atoms with van der Waals surface area (Å²) in [4.78, 5) is 23.0. The third kappa shape index (κ3) is 4.56. The van der Waals surface area contributed by atoms with Gasteiger partial charge in [-0.25, -0.2) is 4.79 Å². The summed E-state index contributed by atoms with van der Waals surface area (Å²) in [5.74, 6) is -0.826. The molecule has 0 radical (unpaired) electrons. The van der Waals surface area contributed by atoms with Gasteiger partial charge in [-0.05, 0) is 40.0 Å². The Bertz CT molecular complexity index is 353. The second-order valence-electron chi connectivity index (χ2n) is 6.16. The van der Waals surface area contributed by atoms with E-state index in [1.54, 1.807) is 20.8 Å². The van der Waals surface area contributed by atoms with Gasteiger partial charge in [-0.1, -0.05) is 6.42 Å². The molecule has 110 valence electrons. The molecule has 0 spiro atoms. The van der Waals surface area contributed by atoms with Crippen LogP contribution in [0.3, 0.4) is 0 Å². The molecular formula is C13H22ClNO4. The Hall–Kier alpha value is -0.970. The summed E-state index contributed by atoms with van der Waals surface area (Å²) in [6.07, 6.45) is 1.89. The fourth-order valence-corrected chi connectivity index (χ4v) is 2.69. The van der Waals surface area contributed by atoms with Gasteiger partial charge >= 0.3 is 12.1 Å². The van der Waals surface area contributed by atoms with Crippen LogP contribution in [0.5, 0.6) is 0 Å². The summed E-state index contributed by atoms with van der Waals surface area (Å²) in [6, 6.07) is -0.196. The fourth-order valence-electron chi connectivity index (χ4n) is 2.33. The molecule has 5 nitrogen and oxygen atoms in total. The van der Waals surface area contributed by atoms with Crippen molar-refractivity contribution in [3.05, 3.63) is 0 Å². The topological polar surface area (TPSA) is 75.6 Å². The normalized spacial score (nSPS) is 27.7. The molecule has 2 unspecified atom stereocenters. The van der Waals surface area contributed by atoms with Gasteiger partial charge in [-0.15, -0.1) is 11.6 Å². The number of carboxylic acid groups (broad SMARTS) is 1. The van der Waals surface area contributed by atoms with Crippen LogP contribution in [0.25, 0.3) is 0 Å². The lowest BCUT2D eigenvalue weighted by Gasteiger charge is -2.36. The van der Waals surface area contributed by atoms with Crippen molar-refractivity contribution in [1.29, 1.82) is 0 Å². The van der Waals surface area contributed by atoms with Crippen molar-refractivity contribution in [1.82, 2.24) is 5.32 Å². The molecule has 0 aromatic rings. The van der Waals surface area contributed by atoms with Crippen molar-refractivity contribution in [2.75, 3.05) is 5.88 Å². The zero-order valence-corrected chi connectivity index (χ0v) is 12.4. The van der Waals surface area contributed by atoms with E-state index in [9.17, 15) is 14.7 Å². The Morgan fingerprint density at radius 2 is 2.11 bits per heavy atom. The monoisotopic (exact) mass is 291 g/mol. The van der Waals surface area contributed by atoms with Crippen molar-refractivity contribution in [3.63, 3.8) is 0 Å². The first kappa shape index (κ1) is 16.1. The van der Waals surface area contributed by atoms with Gasteiger partial charge in [0.15, 0.2) is 0 Å². The van der Waals surface area contributed by atoms with Gasteiger partial charge in [0.2, 0.25) is 0 Å². The molecule has 1 amide bonds. The molecule has 0 saturated heterocycles. The van der Waals surface area contributed by atoms with Crippen LogP contribution in [0.2, 0.25) is 0 Å². The number of alkyl halides is 1. The van der Waals surface area contributed by atoms with Crippen LogP contribution in [0.1, 0.15) is 46.5 Å². The van der Waals surface area contributed by atoms with Gasteiger partial charge < -0.3 is 15.2 Å². The number of hydrogen-bond donors (Lipinski definition) is 2. The second kappa shape index (κ2) is 5.99. The minimum absolute atomic E-state index is 0.0643. The van der Waals surface area contributed by atoms with Gasteiger partial charge in [-0.3, -0.25) is 4.79 Å². The summed E-state index contributed by atoms with van der Waals surface area (Å²) >= 11 is 5.82. The van der Waals surface area contributed by atoms with Crippen molar-refractivity contribution in [2.45, 2.75) is 58.1 Å². The smallest absolute Gasteiger partial charge is 0.407 e. The van der Waals surface area contributed by atoms with E-state index in [1.165, 1.54) is 0 Å². The third-order valence-corrected chi connectivity index (χ3v) is 3.79. The first-order chi connectivity index (χ1) is 8.68. The first-order valence-corrected chi connectivity index (χ1v) is 7.01. The molecule has 0 aromatic carbocycles. The van der Waals surface area contributed by atoms with Crippen LogP contribution in [0, 0.1) is 5.41 Å². The predicted molar refractivity (Wildman–Crippen MR) is 72.4 cm³/mol. The van der Waals surface area contributed by atoms with Crippen molar-refractivity contribution >= 4 is 23.7 Å². The number of carbonyl (C=O) groups excluding carboxylic acids is 1. The highest BCUT2D eigenvalue weighted by Gasteiger charge is 2.43. The third-order valence-electron chi connectivity index (χ3n) is 3.28. The van der Waals surface area contributed by atoms with E-state index in [2.05, 4.69) is 5.32 Å². The molecule has 2 atom stereocenters. The molecule has 2 N–H and O–H groups in total. The van der Waals surface area contributed by atoms with Crippen LogP contribution in [0.15, 0.2) is 0 Å². The van der Waals surface area contributed by atoms with Gasteiger partial charge in [0.25, 0.3) is 0 Å². The van der Waals surface area contributed by atoms with Crippen molar-refractivity contribution in [3.8, 4) is 0 Å². The van der Waals surface area contributed by atoms with Crippen LogP contribution in [-0.4, -0.2) is 34.7 Å². The lowest BCUT2D eigenvalue weighted by molar-refractivity contribution is -0.150. The fraction of sp³-hybridized carbons (Fsp3) is 0.846. The van der Waals surface area contributed by atoms with E-state index in [-0.39, 0.29) is 11.9 Å². The van der Waals surface area contributed by atoms with Crippen LogP contribution in [0.4, 0.5) is 4.79 Å². The zero-order chi connectivity index (χ0) is 14.7. The van der Waals surface area contributed by atoms with E-state index in [0.717, 1.165) is 12.8 Å². The molecule has 1 fully saturated rings. The van der Waals surface area contributed by atoms with Crippen molar-refractivity contribution < 1.29 is 19.4 Å². The summed E-state index contributed by atoms with van der Waals surface area (Å²) in [5, 5.41) is 12.0. The molecule has 19 heavy (non-hydrogen) atoms. The van der Waals surface area contributed by atoms with Gasteiger partial charge in [-0.2, -0.15) is 0 Å². The molecule has 6 heteroatoms. The molecule has 0 heterocycles. The molecule has 0 bridgehead atoms. The molecule has 1 rings (SSSR count). The standard InChI is InChI=1S/C13H22ClNO4/c1-12(2,3)19-11(18)15-9-5-4-6-13(7-9,8-14)10(16)17/h9H,4-8H2,1-3H3,(H,15,18)(H,16,17). The Balaban J connectivity index is 2.61. The number of ether oxygens (including phenoxy) is 1. The number of hydrogen-bond acceptors (Lipinski definition) is 3. The SMILES string of the molecule is CC(C)(C)OC(=O)NC1CCCC(CCl)(C(=O)O)C1. The Morgan fingerprint density at radius 3 is 2.58 bits per heavy atom. The van der Waals surface area contributed by atoms with E-state index < -0.39 is 23.1 Å². The summed E-state index contributed by atoms with van der Waals surface area (Å²) in [7, 11) is 0. The number of aliphatic carboxylic acids is 1. The lowest BCUT2D eigenvalue weighted by Crippen LogP contribution is -2.47. The van der Waals surface area contributed by atoms with Crippen LogP contribution in [-0.2, 0) is 9.53 Å². The minimum atomic E-state index is -0.931. The highest BCUT2D eigenvalue weighted by Crippen LogP contribution is 2.37. The largest absolute Gasteiger partial charge is 0.481 e. The zero-order valence-electron chi connectivity index (χ0n) is 11.7. The number of carbonyl (C=O) groups is 2. The molecule has 1 aliphatic rings. The van der Waals surface area contributed by atoms with E-state index in [1.807, 2.05) is 0 Å². The maximum absolute atomic E-state index is 11.7. The maximum atomic E-state index is 11.7. The molecule has 0 aliphatic heterocycles. The first-order valence-electron chi connectivity index (χ1n) is 6.47. The minimum Gasteiger partial charge on any atom is -0.481 e. The summed E-state index contributed by atoms with van der Waals surface area (Å²) in [6.45, 7) is 5.36. The lowest BCUT2D eigenvalue weighted by atomic mass is 9.73. The Morgan fingerprint density at radius 1 is 1.47 bits per heavy atom. The van der Waals surface area contributed by atoms with Crippen molar-refractivity contribution in [2.24, 2.45) is 5.41 Å². The summed E-state index contributed by atoms with van der Waals surface area (Å²) in [5.41, 5.74) is -1.49. The Kier molecular flexibility index (Phi) is 5.07. The van der Waals surface area contributed by atoms with Gasteiger partial charge in [0.05, 0.1) is 5.41 Å². The maximum Gasteiger partial charge on any atom is 0.407 e. The molecule has 1 aliphatic carbocycles. The second-order valence-corrected chi connectivity index (χ2v) is 6.43. The quantitative estimate of drug-likeness (QED) is 0.784. The predicted octanol–water partition coefficient (Wildman–Crippen LogP) is 2.76. The van der Waals surface area contributed by atoms with E-state index in [0.29, 0.717) is 12.8 Å². The van der Waals surface area contributed by atoms with Crippen LogP contribution < -0.4 is 5.32 Å². The number of rotatable bonds is 3. The number of carboxylic acids is 1. The average Bonchev–Trinajstić information content (AvgIpc) is 2.26. The highest BCUT2D eigenvalue weighted by atomic mass is 35.5.